The first kappa shape index (κ1) is 20.6. The van der Waals surface area contributed by atoms with Gasteiger partial charge in [-0.05, 0) is 45.2 Å². The number of rotatable bonds is 9. The van der Waals surface area contributed by atoms with Crippen molar-refractivity contribution in [3.05, 3.63) is 52.1 Å². The van der Waals surface area contributed by atoms with Crippen LogP contribution in [-0.4, -0.2) is 40.8 Å². The van der Waals surface area contributed by atoms with E-state index < -0.39 is 0 Å². The summed E-state index contributed by atoms with van der Waals surface area (Å²) in [5, 5.41) is 3.61. The first-order chi connectivity index (χ1) is 13.6. The molecule has 0 aliphatic heterocycles. The number of nitrogens with one attached hydrogen (secondary N) is 2. The Hall–Kier alpha value is -2.12. The molecule has 0 radical (unpaired) electrons. The predicted molar refractivity (Wildman–Crippen MR) is 113 cm³/mol. The number of hydrogen-bond acceptors (Lipinski definition) is 4. The van der Waals surface area contributed by atoms with Crippen LogP contribution in [-0.2, 0) is 24.2 Å². The number of benzene rings is 1. The van der Waals surface area contributed by atoms with Crippen LogP contribution in [0.5, 0.6) is 0 Å². The fourth-order valence-electron chi connectivity index (χ4n) is 3.66. The van der Waals surface area contributed by atoms with E-state index >= 15 is 0 Å². The molecule has 28 heavy (non-hydrogen) atoms. The normalized spacial score (nSPS) is 13.0. The van der Waals surface area contributed by atoms with E-state index in [2.05, 4.69) is 24.1 Å². The molecule has 0 saturated heterocycles. The van der Waals surface area contributed by atoms with E-state index in [-0.39, 0.29) is 17.3 Å². The first-order valence-corrected chi connectivity index (χ1v) is 11.0. The zero-order chi connectivity index (χ0) is 19.9. The molecule has 2 N–H and O–H groups in total. The smallest absolute Gasteiger partial charge is 0.334 e. The number of hydrogen-bond donors (Lipinski definition) is 2. The Morgan fingerprint density at radius 3 is 2.68 bits per heavy atom. The van der Waals surface area contributed by atoms with Crippen molar-refractivity contribution >= 4 is 23.4 Å². The van der Waals surface area contributed by atoms with Gasteiger partial charge in [0, 0.05) is 16.9 Å². The maximum Gasteiger partial charge on any atom is 0.349 e. The third-order valence-corrected chi connectivity index (χ3v) is 6.30. The lowest BCUT2D eigenvalue weighted by Gasteiger charge is -2.18. The fourth-order valence-corrected chi connectivity index (χ4v) is 4.54. The van der Waals surface area contributed by atoms with Gasteiger partial charge < -0.3 is 10.2 Å². The van der Waals surface area contributed by atoms with Gasteiger partial charge in [-0.3, -0.25) is 9.36 Å². The second kappa shape index (κ2) is 9.89. The maximum absolute atomic E-state index is 12.7. The number of aromatic nitrogens is 2. The lowest BCUT2D eigenvalue weighted by molar-refractivity contribution is -0.897. The number of thioether (sulfide) groups is 1. The van der Waals surface area contributed by atoms with Crippen molar-refractivity contribution in [1.29, 1.82) is 0 Å². The Kier molecular flexibility index (Phi) is 7.28. The summed E-state index contributed by atoms with van der Waals surface area (Å²) in [5.74, 6) is 0.167. The Labute approximate surface area is 170 Å². The maximum atomic E-state index is 12.7. The summed E-state index contributed by atoms with van der Waals surface area (Å²) in [7, 11) is 0. The average molecular weight is 402 g/mol. The van der Waals surface area contributed by atoms with Gasteiger partial charge in [-0.1, -0.05) is 30.0 Å². The molecular weight excluding hydrogens is 372 g/mol. The Bertz CT molecular complexity index is 863. The number of amides is 1. The molecule has 0 spiro atoms. The molecule has 0 bridgehead atoms. The molecule has 1 aliphatic carbocycles. The standard InChI is InChI=1S/C21H28N4O2S/c1-3-24(4-2)13-14-25-18-12-8-11-17(18)20(23-21(25)27)28-15-19(26)22-16-9-6-5-7-10-16/h5-7,9-10H,3-4,8,11-15H2,1-2H3,(H,22,26)/p+1. The van der Waals surface area contributed by atoms with Crippen LogP contribution in [0.1, 0.15) is 31.5 Å². The molecule has 6 nitrogen and oxygen atoms in total. The SMILES string of the molecule is CC[NH+](CC)CCn1c2c(c(SCC(=O)Nc3ccccc3)nc1=O)CCC2. The molecule has 150 valence electrons. The molecule has 1 amide bonds. The van der Waals surface area contributed by atoms with E-state index in [9.17, 15) is 9.59 Å². The molecule has 0 fully saturated rings. The highest BCUT2D eigenvalue weighted by Crippen LogP contribution is 2.29. The highest BCUT2D eigenvalue weighted by Gasteiger charge is 2.23. The van der Waals surface area contributed by atoms with E-state index in [1.54, 1.807) is 0 Å². The third-order valence-electron chi connectivity index (χ3n) is 5.29. The third kappa shape index (κ3) is 5.02. The van der Waals surface area contributed by atoms with Crippen molar-refractivity contribution in [3.63, 3.8) is 0 Å². The van der Waals surface area contributed by atoms with Crippen LogP contribution in [0.15, 0.2) is 40.2 Å². The molecule has 7 heteroatoms. The van der Waals surface area contributed by atoms with Crippen LogP contribution >= 0.6 is 11.8 Å². The molecule has 1 aromatic heterocycles. The number of nitrogens with zero attached hydrogens (tertiary/aromatic N) is 2. The second-order valence-electron chi connectivity index (χ2n) is 7.04. The van der Waals surface area contributed by atoms with Crippen molar-refractivity contribution < 1.29 is 9.69 Å². The lowest BCUT2D eigenvalue weighted by Crippen LogP contribution is -3.11. The molecule has 0 atom stereocenters. The topological polar surface area (TPSA) is 68.4 Å². The molecular formula is C21H29N4O2S+. The summed E-state index contributed by atoms with van der Waals surface area (Å²) >= 11 is 1.37. The minimum Gasteiger partial charge on any atom is -0.334 e. The van der Waals surface area contributed by atoms with E-state index in [0.717, 1.165) is 60.9 Å². The molecule has 1 aliphatic rings. The fraction of sp³-hybridized carbons (Fsp3) is 0.476. The average Bonchev–Trinajstić information content (AvgIpc) is 3.19. The largest absolute Gasteiger partial charge is 0.349 e. The summed E-state index contributed by atoms with van der Waals surface area (Å²) in [6.45, 7) is 8.11. The summed E-state index contributed by atoms with van der Waals surface area (Å²) in [6, 6.07) is 9.40. The van der Waals surface area contributed by atoms with Gasteiger partial charge in [0.25, 0.3) is 0 Å². The number of quaternary nitrogens is 1. The highest BCUT2D eigenvalue weighted by atomic mass is 32.2. The zero-order valence-electron chi connectivity index (χ0n) is 16.7. The van der Waals surface area contributed by atoms with Gasteiger partial charge in [0.05, 0.1) is 31.9 Å². The van der Waals surface area contributed by atoms with Crippen LogP contribution in [0.4, 0.5) is 5.69 Å². The van der Waals surface area contributed by atoms with Gasteiger partial charge in [0.1, 0.15) is 5.03 Å². The molecule has 1 aromatic carbocycles. The number of para-hydroxylation sites is 1. The Balaban J connectivity index is 1.69. The minimum absolute atomic E-state index is 0.0842. The van der Waals surface area contributed by atoms with Gasteiger partial charge in [0.2, 0.25) is 5.91 Å². The highest BCUT2D eigenvalue weighted by molar-refractivity contribution is 8.00. The molecule has 3 rings (SSSR count). The summed E-state index contributed by atoms with van der Waals surface area (Å²) < 4.78 is 1.86. The van der Waals surface area contributed by atoms with Crippen LogP contribution in [0.3, 0.4) is 0 Å². The van der Waals surface area contributed by atoms with E-state index in [1.807, 2.05) is 34.9 Å². The zero-order valence-corrected chi connectivity index (χ0v) is 17.5. The molecule has 2 aromatic rings. The van der Waals surface area contributed by atoms with Crippen molar-refractivity contribution in [2.75, 3.05) is 30.7 Å². The Morgan fingerprint density at radius 1 is 1.21 bits per heavy atom. The van der Waals surface area contributed by atoms with Crippen molar-refractivity contribution in [2.45, 2.75) is 44.7 Å². The second-order valence-corrected chi connectivity index (χ2v) is 8.00. The molecule has 0 saturated carbocycles. The van der Waals surface area contributed by atoms with Gasteiger partial charge in [-0.15, -0.1) is 0 Å². The van der Waals surface area contributed by atoms with Crippen molar-refractivity contribution in [1.82, 2.24) is 9.55 Å². The number of anilines is 1. The quantitative estimate of drug-likeness (QED) is 0.492. The van der Waals surface area contributed by atoms with Crippen LogP contribution in [0.2, 0.25) is 0 Å². The summed E-state index contributed by atoms with van der Waals surface area (Å²) in [4.78, 5) is 30.7. The van der Waals surface area contributed by atoms with Crippen molar-refractivity contribution in [3.8, 4) is 0 Å². The van der Waals surface area contributed by atoms with Gasteiger partial charge in [-0.25, -0.2) is 4.79 Å². The van der Waals surface area contributed by atoms with Crippen molar-refractivity contribution in [2.24, 2.45) is 0 Å². The molecule has 0 unspecified atom stereocenters. The van der Waals surface area contributed by atoms with Gasteiger partial charge in [0.15, 0.2) is 0 Å². The van der Waals surface area contributed by atoms with Crippen LogP contribution < -0.4 is 15.9 Å². The molecule has 1 heterocycles. The predicted octanol–water partition coefficient (Wildman–Crippen LogP) is 1.39. The van der Waals surface area contributed by atoms with Crippen LogP contribution in [0.25, 0.3) is 0 Å². The number of fused-ring (bicyclic) bond motifs is 1. The lowest BCUT2D eigenvalue weighted by atomic mass is 10.2. The monoisotopic (exact) mass is 401 g/mol. The van der Waals surface area contributed by atoms with E-state index in [1.165, 1.54) is 16.7 Å². The summed E-state index contributed by atoms with van der Waals surface area (Å²) in [5.41, 5.74) is 2.88. The number of likely N-dealkylation sites (N-methyl/N-ethyl adjacent to an activating group) is 1. The Morgan fingerprint density at radius 2 is 1.96 bits per heavy atom. The van der Waals surface area contributed by atoms with Gasteiger partial charge in [-0.2, -0.15) is 4.98 Å². The summed E-state index contributed by atoms with van der Waals surface area (Å²) in [6.07, 6.45) is 2.90. The minimum atomic E-state index is -0.182. The van der Waals surface area contributed by atoms with E-state index in [4.69, 9.17) is 0 Å². The van der Waals surface area contributed by atoms with Gasteiger partial charge >= 0.3 is 5.69 Å². The van der Waals surface area contributed by atoms with E-state index in [0.29, 0.717) is 6.54 Å². The van der Waals surface area contributed by atoms with Crippen LogP contribution in [0, 0.1) is 0 Å². The number of carbonyl (C=O) groups excluding carboxylic acids is 1. The first-order valence-electron chi connectivity index (χ1n) is 10.1. The number of carbonyl (C=O) groups is 1.